The Bertz CT molecular complexity index is 1670. The standard InChI is InChI=1S/C33H37ClN4O8/c1-8-38(9-2)27(39)16-24-33(42)35-22-15-23(36-32(41)21-14-26(43-5)29(44-6)30(45-7)28(21)34)25(13-20(22)31(40)37-24)46-19-11-17(3)10-18(4)12-19/h10-15,24H,8-9,16H2,1-7H3,(H,35,42)(H,36,41)(H,37,40)/t24-/m0/s1. The van der Waals surface area contributed by atoms with Gasteiger partial charge in [-0.2, -0.15) is 0 Å². The molecule has 46 heavy (non-hydrogen) atoms. The van der Waals surface area contributed by atoms with Crippen molar-refractivity contribution >= 4 is 46.6 Å². The van der Waals surface area contributed by atoms with E-state index < -0.39 is 23.8 Å². The summed E-state index contributed by atoms with van der Waals surface area (Å²) in [4.78, 5) is 54.8. The van der Waals surface area contributed by atoms with E-state index in [4.69, 9.17) is 30.5 Å². The number of anilines is 2. The minimum atomic E-state index is -1.12. The molecule has 0 aliphatic carbocycles. The van der Waals surface area contributed by atoms with Gasteiger partial charge in [0.05, 0.1) is 55.3 Å². The van der Waals surface area contributed by atoms with Gasteiger partial charge in [0.15, 0.2) is 17.2 Å². The molecule has 0 spiro atoms. The van der Waals surface area contributed by atoms with Crippen LogP contribution < -0.4 is 34.9 Å². The quantitative estimate of drug-likeness (QED) is 0.252. The zero-order valence-electron chi connectivity index (χ0n) is 26.8. The first-order chi connectivity index (χ1) is 21.9. The van der Waals surface area contributed by atoms with Gasteiger partial charge in [0, 0.05) is 13.1 Å². The first-order valence-corrected chi connectivity index (χ1v) is 15.0. The Hall–Kier alpha value is -4.97. The van der Waals surface area contributed by atoms with E-state index in [1.807, 2.05) is 33.8 Å². The Morgan fingerprint density at radius 3 is 2.13 bits per heavy atom. The number of carbonyl (C=O) groups is 4. The van der Waals surface area contributed by atoms with Crippen LogP contribution in [0.2, 0.25) is 5.02 Å². The zero-order valence-corrected chi connectivity index (χ0v) is 27.5. The predicted octanol–water partition coefficient (Wildman–Crippen LogP) is 5.34. The van der Waals surface area contributed by atoms with Crippen molar-refractivity contribution < 1.29 is 38.1 Å². The number of hydrogen-bond donors (Lipinski definition) is 3. The smallest absolute Gasteiger partial charge is 0.257 e. The van der Waals surface area contributed by atoms with Crippen LogP contribution in [-0.4, -0.2) is 69.0 Å². The Morgan fingerprint density at radius 1 is 0.891 bits per heavy atom. The largest absolute Gasteiger partial charge is 0.493 e. The lowest BCUT2D eigenvalue weighted by Crippen LogP contribution is -2.45. The Labute approximate surface area is 272 Å². The summed E-state index contributed by atoms with van der Waals surface area (Å²) in [5.74, 6) is -1.04. The fraction of sp³-hybridized carbons (Fsp3) is 0.333. The minimum absolute atomic E-state index is 0.000201. The van der Waals surface area contributed by atoms with Crippen molar-refractivity contribution in [1.29, 1.82) is 0 Å². The number of methoxy groups -OCH3 is 3. The molecule has 3 aromatic rings. The molecule has 3 N–H and O–H groups in total. The van der Waals surface area contributed by atoms with Crippen LogP contribution in [0, 0.1) is 13.8 Å². The van der Waals surface area contributed by atoms with E-state index in [9.17, 15) is 19.2 Å². The van der Waals surface area contributed by atoms with Crippen LogP contribution in [-0.2, 0) is 9.59 Å². The molecule has 4 amide bonds. The molecule has 0 saturated heterocycles. The van der Waals surface area contributed by atoms with Crippen LogP contribution in [0.15, 0.2) is 36.4 Å². The van der Waals surface area contributed by atoms with E-state index in [0.29, 0.717) is 18.8 Å². The van der Waals surface area contributed by atoms with E-state index in [1.165, 1.54) is 39.5 Å². The normalized spacial score (nSPS) is 13.9. The van der Waals surface area contributed by atoms with Crippen LogP contribution in [0.3, 0.4) is 0 Å². The molecular formula is C33H37ClN4O8. The first kappa shape index (κ1) is 33.9. The molecule has 0 aromatic heterocycles. The van der Waals surface area contributed by atoms with Gasteiger partial charge in [0.2, 0.25) is 17.6 Å². The van der Waals surface area contributed by atoms with Crippen LogP contribution in [0.25, 0.3) is 0 Å². The number of ether oxygens (including phenoxy) is 4. The maximum atomic E-state index is 13.7. The van der Waals surface area contributed by atoms with Crippen LogP contribution >= 0.6 is 11.6 Å². The fourth-order valence-corrected chi connectivity index (χ4v) is 5.50. The molecule has 1 heterocycles. The van der Waals surface area contributed by atoms with Gasteiger partial charge in [-0.05, 0) is 69.2 Å². The van der Waals surface area contributed by atoms with Gasteiger partial charge in [-0.3, -0.25) is 19.2 Å². The second-order valence-corrected chi connectivity index (χ2v) is 10.9. The maximum Gasteiger partial charge on any atom is 0.257 e. The number of halogens is 1. The molecule has 0 radical (unpaired) electrons. The van der Waals surface area contributed by atoms with Crippen molar-refractivity contribution in [3.63, 3.8) is 0 Å². The van der Waals surface area contributed by atoms with Gasteiger partial charge in [-0.1, -0.05) is 17.7 Å². The Morgan fingerprint density at radius 2 is 1.54 bits per heavy atom. The van der Waals surface area contributed by atoms with Crippen LogP contribution in [0.5, 0.6) is 28.7 Å². The molecule has 4 rings (SSSR count). The van der Waals surface area contributed by atoms with Gasteiger partial charge < -0.3 is 39.8 Å². The number of rotatable bonds is 11. The number of carbonyl (C=O) groups excluding carboxylic acids is 4. The molecule has 3 aromatic carbocycles. The molecule has 0 bridgehead atoms. The lowest BCUT2D eigenvalue weighted by atomic mass is 10.1. The predicted molar refractivity (Wildman–Crippen MR) is 174 cm³/mol. The third-order valence-corrected chi connectivity index (χ3v) is 7.80. The van der Waals surface area contributed by atoms with Crippen molar-refractivity contribution in [1.82, 2.24) is 10.2 Å². The van der Waals surface area contributed by atoms with Gasteiger partial charge >= 0.3 is 0 Å². The lowest BCUT2D eigenvalue weighted by Gasteiger charge is -2.21. The third kappa shape index (κ3) is 7.12. The van der Waals surface area contributed by atoms with E-state index in [-0.39, 0.29) is 62.9 Å². The summed E-state index contributed by atoms with van der Waals surface area (Å²) in [7, 11) is 4.20. The number of aryl methyl sites for hydroxylation is 2. The first-order valence-electron chi connectivity index (χ1n) is 14.6. The monoisotopic (exact) mass is 652 g/mol. The van der Waals surface area contributed by atoms with Crippen molar-refractivity contribution in [2.24, 2.45) is 0 Å². The topological polar surface area (TPSA) is 145 Å². The summed E-state index contributed by atoms with van der Waals surface area (Å²) in [6, 6.07) is 8.70. The van der Waals surface area contributed by atoms with E-state index in [0.717, 1.165) is 11.1 Å². The number of nitrogens with one attached hydrogen (secondary N) is 3. The van der Waals surface area contributed by atoms with Gasteiger partial charge in [-0.15, -0.1) is 0 Å². The molecule has 1 atom stereocenters. The average Bonchev–Trinajstić information content (AvgIpc) is 3.11. The highest BCUT2D eigenvalue weighted by Gasteiger charge is 2.32. The lowest BCUT2D eigenvalue weighted by molar-refractivity contribution is -0.133. The summed E-state index contributed by atoms with van der Waals surface area (Å²) < 4.78 is 22.4. The van der Waals surface area contributed by atoms with Gasteiger partial charge in [-0.25, -0.2) is 0 Å². The molecule has 0 unspecified atom stereocenters. The summed E-state index contributed by atoms with van der Waals surface area (Å²) in [5, 5.41) is 8.14. The number of hydrogen-bond acceptors (Lipinski definition) is 8. The van der Waals surface area contributed by atoms with E-state index >= 15 is 0 Å². The molecule has 12 nitrogen and oxygen atoms in total. The van der Waals surface area contributed by atoms with Crippen LogP contribution in [0.4, 0.5) is 11.4 Å². The molecule has 1 aliphatic heterocycles. The highest BCUT2D eigenvalue weighted by atomic mass is 35.5. The molecular weight excluding hydrogens is 616 g/mol. The maximum absolute atomic E-state index is 13.7. The summed E-state index contributed by atoms with van der Waals surface area (Å²) in [6.45, 7) is 8.43. The van der Waals surface area contributed by atoms with E-state index in [1.54, 1.807) is 17.0 Å². The van der Waals surface area contributed by atoms with Gasteiger partial charge in [0.25, 0.3) is 11.8 Å². The van der Waals surface area contributed by atoms with Crippen molar-refractivity contribution in [3.05, 3.63) is 63.7 Å². The minimum Gasteiger partial charge on any atom is -0.493 e. The highest BCUT2D eigenvalue weighted by molar-refractivity contribution is 6.36. The molecule has 1 aliphatic rings. The zero-order chi connectivity index (χ0) is 33.7. The molecule has 0 fully saturated rings. The van der Waals surface area contributed by atoms with E-state index in [2.05, 4.69) is 16.0 Å². The number of fused-ring (bicyclic) bond motifs is 1. The van der Waals surface area contributed by atoms with Crippen molar-refractivity contribution in [3.8, 4) is 28.7 Å². The summed E-state index contributed by atoms with van der Waals surface area (Å²) in [6.07, 6.45) is -0.220. The highest BCUT2D eigenvalue weighted by Crippen LogP contribution is 2.45. The second-order valence-electron chi connectivity index (χ2n) is 10.6. The van der Waals surface area contributed by atoms with Crippen molar-refractivity contribution in [2.45, 2.75) is 40.2 Å². The Kier molecular flexibility index (Phi) is 10.6. The van der Waals surface area contributed by atoms with Crippen molar-refractivity contribution in [2.75, 3.05) is 45.1 Å². The molecule has 13 heteroatoms. The Balaban J connectivity index is 1.78. The molecule has 244 valence electrons. The van der Waals surface area contributed by atoms with Gasteiger partial charge in [0.1, 0.15) is 11.8 Å². The summed E-state index contributed by atoms with van der Waals surface area (Å²) >= 11 is 6.57. The second kappa shape index (κ2) is 14.4. The SMILES string of the molecule is CCN(CC)C(=O)C[C@@H]1NC(=O)c2cc(Oc3cc(C)cc(C)c3)c(NC(=O)c3cc(OC)c(OC)c(OC)c3Cl)cc2NC1=O. The average molecular weight is 653 g/mol. The molecule has 0 saturated carbocycles. The number of benzene rings is 3. The number of amides is 4. The third-order valence-electron chi connectivity index (χ3n) is 7.42. The summed E-state index contributed by atoms with van der Waals surface area (Å²) in [5.41, 5.74) is 2.18. The fourth-order valence-electron chi connectivity index (χ4n) is 5.19. The van der Waals surface area contributed by atoms with Crippen LogP contribution in [0.1, 0.15) is 52.1 Å². The number of nitrogens with zero attached hydrogens (tertiary/aromatic N) is 1.